The molecule has 0 saturated heterocycles. The van der Waals surface area contributed by atoms with E-state index in [0.717, 1.165) is 17.1 Å². The van der Waals surface area contributed by atoms with E-state index in [2.05, 4.69) is 260 Å². The number of fused-ring (bicyclic) bond motifs is 6. The van der Waals surface area contributed by atoms with E-state index >= 15 is 0 Å². The first kappa shape index (κ1) is 42.9. The third kappa shape index (κ3) is 7.49. The maximum atomic E-state index is 2.52. The SMILES string of the molecule is CC1(C)c2cc(-c3ccc(N(c4ccc(-c5ccccc5)cc4)c4ccc(-c5ccccc5)cc4)cc3)ccc2-c2c(-c3ccc4c(c3)c3ccccc3n4-c3ccccc3)ccc(C3CCCCC3)c21. The lowest BCUT2D eigenvalue weighted by Crippen LogP contribution is -2.19. The highest BCUT2D eigenvalue weighted by Gasteiger charge is 2.41. The third-order valence-corrected chi connectivity index (χ3v) is 15.8. The minimum Gasteiger partial charge on any atom is -0.311 e. The minimum absolute atomic E-state index is 0.175. The van der Waals surface area contributed by atoms with Gasteiger partial charge in [0.25, 0.3) is 0 Å². The Morgan fingerprint density at radius 1 is 0.394 bits per heavy atom. The number of anilines is 3. The second-order valence-electron chi connectivity index (χ2n) is 20.3. The molecule has 13 rings (SSSR count). The van der Waals surface area contributed by atoms with Gasteiger partial charge >= 0.3 is 0 Å². The molecule has 0 N–H and O–H groups in total. The van der Waals surface area contributed by atoms with E-state index in [1.54, 1.807) is 5.56 Å². The predicted molar refractivity (Wildman–Crippen MR) is 301 cm³/mol. The number of rotatable bonds is 9. The molecule has 2 aliphatic carbocycles. The van der Waals surface area contributed by atoms with Crippen molar-refractivity contribution in [3.63, 3.8) is 0 Å². The summed E-state index contributed by atoms with van der Waals surface area (Å²) in [5, 5.41) is 2.57. The van der Waals surface area contributed by atoms with Crippen LogP contribution in [0.2, 0.25) is 0 Å². The number of para-hydroxylation sites is 2. The highest BCUT2D eigenvalue weighted by Crippen LogP contribution is 2.57. The van der Waals surface area contributed by atoms with Gasteiger partial charge in [0.1, 0.15) is 0 Å². The van der Waals surface area contributed by atoms with Crippen LogP contribution < -0.4 is 4.90 Å². The lowest BCUT2D eigenvalue weighted by Gasteiger charge is -2.31. The molecule has 1 fully saturated rings. The van der Waals surface area contributed by atoms with Crippen LogP contribution in [0.1, 0.15) is 68.6 Å². The molecule has 71 heavy (non-hydrogen) atoms. The first-order chi connectivity index (χ1) is 35.0. The quantitative estimate of drug-likeness (QED) is 0.140. The van der Waals surface area contributed by atoms with E-state index in [0.29, 0.717) is 5.92 Å². The van der Waals surface area contributed by atoms with Gasteiger partial charge in [0, 0.05) is 38.9 Å². The fraction of sp³-hybridized carbons (Fsp3) is 0.130. The van der Waals surface area contributed by atoms with Gasteiger partial charge in [0.2, 0.25) is 0 Å². The molecule has 0 bridgehead atoms. The molecule has 342 valence electrons. The van der Waals surface area contributed by atoms with Crippen molar-refractivity contribution in [3.8, 4) is 61.3 Å². The molecule has 1 heterocycles. The highest BCUT2D eigenvalue weighted by molar-refractivity contribution is 6.11. The van der Waals surface area contributed by atoms with Crippen LogP contribution in [0.15, 0.2) is 237 Å². The Kier molecular flexibility index (Phi) is 10.7. The van der Waals surface area contributed by atoms with Crippen LogP contribution in [0.3, 0.4) is 0 Å². The summed E-state index contributed by atoms with van der Waals surface area (Å²) >= 11 is 0. The Bertz CT molecular complexity index is 3630. The van der Waals surface area contributed by atoms with Gasteiger partial charge in [0.05, 0.1) is 11.0 Å². The molecular weight excluding hydrogens is 857 g/mol. The monoisotopic (exact) mass is 912 g/mol. The molecule has 0 amide bonds. The average molecular weight is 913 g/mol. The fourth-order valence-corrected chi connectivity index (χ4v) is 12.3. The second kappa shape index (κ2) is 17.6. The molecule has 2 heteroatoms. The van der Waals surface area contributed by atoms with Crippen LogP contribution in [-0.2, 0) is 5.41 Å². The summed E-state index contributed by atoms with van der Waals surface area (Å²) < 4.78 is 2.42. The number of nitrogens with zero attached hydrogens (tertiary/aromatic N) is 2. The zero-order valence-electron chi connectivity index (χ0n) is 40.5. The zero-order chi connectivity index (χ0) is 47.5. The van der Waals surface area contributed by atoms with Crippen molar-refractivity contribution in [1.29, 1.82) is 0 Å². The van der Waals surface area contributed by atoms with Gasteiger partial charge in [-0.25, -0.2) is 0 Å². The van der Waals surface area contributed by atoms with E-state index in [4.69, 9.17) is 0 Å². The Hall–Kier alpha value is -8.20. The molecule has 2 aliphatic rings. The standard InChI is InChI=1S/C69H56N2/c1-69(2)64-46-53(51-31-39-58(40-32-51)70(56-35-27-49(28-36-56)47-17-7-3-8-18-47)57-37-29-50(30-38-57)48-19-9-4-10-20-48)33-41-62(64)67-59(42-43-60(68(67)69)52-21-11-5-12-22-52)54-34-44-66-63(45-54)61-25-15-16-26-65(61)71(66)55-23-13-6-14-24-55/h3-4,6-10,13-20,23-46,52H,5,11-12,21-22H2,1-2H3. The number of benzene rings is 10. The summed E-state index contributed by atoms with van der Waals surface area (Å²) in [7, 11) is 0. The van der Waals surface area contributed by atoms with Crippen molar-refractivity contribution in [2.75, 3.05) is 4.90 Å². The third-order valence-electron chi connectivity index (χ3n) is 15.8. The van der Waals surface area contributed by atoms with Crippen molar-refractivity contribution in [2.24, 2.45) is 0 Å². The lowest BCUT2D eigenvalue weighted by molar-refractivity contribution is 0.438. The minimum atomic E-state index is -0.175. The van der Waals surface area contributed by atoms with Crippen molar-refractivity contribution in [3.05, 3.63) is 253 Å². The van der Waals surface area contributed by atoms with Crippen molar-refractivity contribution < 1.29 is 0 Å². The Balaban J connectivity index is 0.896. The van der Waals surface area contributed by atoms with E-state index in [9.17, 15) is 0 Å². The average Bonchev–Trinajstić information content (AvgIpc) is 3.90. The molecular formula is C69H56N2. The summed E-state index contributed by atoms with van der Waals surface area (Å²) in [4.78, 5) is 2.38. The molecule has 0 unspecified atom stereocenters. The van der Waals surface area contributed by atoms with Gasteiger partial charge in [-0.15, -0.1) is 0 Å². The summed E-state index contributed by atoms with van der Waals surface area (Å²) in [5.74, 6) is 0.588. The Labute approximate surface area is 418 Å². The second-order valence-corrected chi connectivity index (χ2v) is 20.3. The molecule has 0 radical (unpaired) electrons. The first-order valence-corrected chi connectivity index (χ1v) is 25.6. The maximum absolute atomic E-state index is 2.52. The predicted octanol–water partition coefficient (Wildman–Crippen LogP) is 19.3. The smallest absolute Gasteiger partial charge is 0.0541 e. The zero-order valence-corrected chi connectivity index (χ0v) is 40.5. The van der Waals surface area contributed by atoms with Crippen molar-refractivity contribution in [2.45, 2.75) is 57.3 Å². The summed E-state index contributed by atoms with van der Waals surface area (Å²) in [6.07, 6.45) is 6.51. The van der Waals surface area contributed by atoms with E-state index < -0.39 is 0 Å². The molecule has 0 spiro atoms. The largest absolute Gasteiger partial charge is 0.311 e. The van der Waals surface area contributed by atoms with Gasteiger partial charge in [-0.3, -0.25) is 0 Å². The Morgan fingerprint density at radius 2 is 0.873 bits per heavy atom. The number of hydrogen-bond acceptors (Lipinski definition) is 1. The maximum Gasteiger partial charge on any atom is 0.0541 e. The number of hydrogen-bond donors (Lipinski definition) is 0. The fourth-order valence-electron chi connectivity index (χ4n) is 12.3. The number of aromatic nitrogens is 1. The first-order valence-electron chi connectivity index (χ1n) is 25.6. The van der Waals surface area contributed by atoms with E-state index in [1.807, 2.05) is 0 Å². The van der Waals surface area contributed by atoms with Crippen LogP contribution in [0.25, 0.3) is 83.1 Å². The molecule has 1 aromatic heterocycles. The van der Waals surface area contributed by atoms with Gasteiger partial charge < -0.3 is 9.47 Å². The molecule has 2 nitrogen and oxygen atoms in total. The van der Waals surface area contributed by atoms with E-state index in [1.165, 1.54) is 126 Å². The lowest BCUT2D eigenvalue weighted by atomic mass is 9.73. The van der Waals surface area contributed by atoms with Gasteiger partial charge in [0.15, 0.2) is 0 Å². The summed E-state index contributed by atoms with van der Waals surface area (Å²) in [5.41, 5.74) is 24.1. The molecule has 0 aliphatic heterocycles. The van der Waals surface area contributed by atoms with Crippen LogP contribution >= 0.6 is 0 Å². The van der Waals surface area contributed by atoms with Gasteiger partial charge in [-0.2, -0.15) is 0 Å². The molecule has 11 aromatic rings. The summed E-state index contributed by atoms with van der Waals surface area (Å²) in [6, 6.07) is 87.6. The molecule has 1 saturated carbocycles. The van der Waals surface area contributed by atoms with Gasteiger partial charge in [-0.1, -0.05) is 197 Å². The molecule has 10 aromatic carbocycles. The van der Waals surface area contributed by atoms with Crippen LogP contribution in [-0.4, -0.2) is 4.57 Å². The molecule has 0 atom stereocenters. The van der Waals surface area contributed by atoms with Crippen molar-refractivity contribution >= 4 is 38.9 Å². The topological polar surface area (TPSA) is 8.17 Å². The summed E-state index contributed by atoms with van der Waals surface area (Å²) in [6.45, 7) is 4.97. The van der Waals surface area contributed by atoms with E-state index in [-0.39, 0.29) is 5.41 Å². The van der Waals surface area contributed by atoms with Crippen LogP contribution in [0.4, 0.5) is 17.1 Å². The van der Waals surface area contributed by atoms with Crippen LogP contribution in [0.5, 0.6) is 0 Å². The van der Waals surface area contributed by atoms with Crippen molar-refractivity contribution in [1.82, 2.24) is 4.57 Å². The highest BCUT2D eigenvalue weighted by atomic mass is 15.1. The van der Waals surface area contributed by atoms with Gasteiger partial charge in [-0.05, 0) is 164 Å². The normalized spacial score (nSPS) is 14.1. The van der Waals surface area contributed by atoms with Crippen LogP contribution in [0, 0.1) is 0 Å². The Morgan fingerprint density at radius 3 is 1.48 bits per heavy atom.